The zero-order valence-corrected chi connectivity index (χ0v) is 14.6. The van der Waals surface area contributed by atoms with Crippen molar-refractivity contribution in [2.24, 2.45) is 0 Å². The van der Waals surface area contributed by atoms with Crippen molar-refractivity contribution in [2.75, 3.05) is 19.5 Å². The lowest BCUT2D eigenvalue weighted by Gasteiger charge is -2.14. The number of rotatable bonds is 5. The number of hydrogen-bond acceptors (Lipinski definition) is 3. The molecule has 0 aromatic heterocycles. The van der Waals surface area contributed by atoms with Crippen LogP contribution in [0, 0.1) is 0 Å². The average molecular weight is 335 g/mol. The molecule has 0 radical (unpaired) electrons. The molecule has 0 heterocycles. The van der Waals surface area contributed by atoms with Crippen molar-refractivity contribution < 1.29 is 14.3 Å². The van der Waals surface area contributed by atoms with E-state index >= 15 is 0 Å². The van der Waals surface area contributed by atoms with Crippen LogP contribution in [-0.4, -0.2) is 20.1 Å². The smallest absolute Gasteiger partial charge is 0.231 e. The number of ether oxygens (including phenoxy) is 2. The third-order valence-electron chi connectivity index (χ3n) is 4.30. The summed E-state index contributed by atoms with van der Waals surface area (Å²) in [6, 6.07) is 19.3. The van der Waals surface area contributed by atoms with Gasteiger partial charge in [0, 0.05) is 11.8 Å². The molecule has 0 aliphatic rings. The third kappa shape index (κ3) is 3.74. The van der Waals surface area contributed by atoms with Gasteiger partial charge in [-0.2, -0.15) is 0 Å². The maximum atomic E-state index is 12.6. The number of hydrogen-bond donors (Lipinski definition) is 1. The zero-order chi connectivity index (χ0) is 17.8. The predicted molar refractivity (Wildman–Crippen MR) is 101 cm³/mol. The Balaban J connectivity index is 1.80. The van der Waals surface area contributed by atoms with E-state index in [4.69, 9.17) is 9.47 Å². The van der Waals surface area contributed by atoms with Gasteiger partial charge < -0.3 is 14.8 Å². The average Bonchev–Trinajstić information content (AvgIpc) is 2.66. The Kier molecular flexibility index (Phi) is 4.89. The number of anilines is 1. The van der Waals surface area contributed by atoms with Crippen molar-refractivity contribution in [1.82, 2.24) is 0 Å². The first-order chi connectivity index (χ1) is 12.1. The molecule has 4 heteroatoms. The minimum absolute atomic E-state index is 0.0545. The molecule has 1 amide bonds. The van der Waals surface area contributed by atoms with Gasteiger partial charge in [0.2, 0.25) is 5.91 Å². The molecule has 0 fully saturated rings. The van der Waals surface area contributed by atoms with Gasteiger partial charge in [-0.3, -0.25) is 4.79 Å². The molecule has 0 aliphatic heterocycles. The van der Waals surface area contributed by atoms with Crippen molar-refractivity contribution in [3.05, 3.63) is 66.2 Å². The van der Waals surface area contributed by atoms with Gasteiger partial charge in [0.15, 0.2) is 0 Å². The number of fused-ring (bicyclic) bond motifs is 1. The highest BCUT2D eigenvalue weighted by atomic mass is 16.5. The summed E-state index contributed by atoms with van der Waals surface area (Å²) >= 11 is 0. The topological polar surface area (TPSA) is 47.6 Å². The summed E-state index contributed by atoms with van der Waals surface area (Å²) in [6.45, 7) is 1.90. The van der Waals surface area contributed by atoms with Crippen molar-refractivity contribution in [3.63, 3.8) is 0 Å². The standard InChI is InChI=1S/C21H21NO3/c1-14(21(23)22-18-5-4-6-19(13-18)24-2)15-7-8-17-12-20(25-3)10-9-16(17)11-15/h4-14H,1-3H3,(H,22,23)/t14-/m1/s1. The first-order valence-corrected chi connectivity index (χ1v) is 8.13. The van der Waals surface area contributed by atoms with E-state index in [0.717, 1.165) is 27.8 Å². The first-order valence-electron chi connectivity index (χ1n) is 8.13. The molecule has 3 rings (SSSR count). The van der Waals surface area contributed by atoms with Crippen LogP contribution in [0.15, 0.2) is 60.7 Å². The van der Waals surface area contributed by atoms with Crippen LogP contribution in [0.1, 0.15) is 18.4 Å². The van der Waals surface area contributed by atoms with Gasteiger partial charge >= 0.3 is 0 Å². The summed E-state index contributed by atoms with van der Waals surface area (Å²) in [6.07, 6.45) is 0. The molecule has 1 N–H and O–H groups in total. The molecule has 3 aromatic rings. The van der Waals surface area contributed by atoms with Crippen LogP contribution in [0.3, 0.4) is 0 Å². The van der Waals surface area contributed by atoms with E-state index in [2.05, 4.69) is 5.32 Å². The predicted octanol–water partition coefficient (Wildman–Crippen LogP) is 4.60. The highest BCUT2D eigenvalue weighted by molar-refractivity contribution is 5.96. The SMILES string of the molecule is COc1cccc(NC(=O)[C@H](C)c2ccc3cc(OC)ccc3c2)c1. The summed E-state index contributed by atoms with van der Waals surface area (Å²) in [5.41, 5.74) is 1.69. The van der Waals surface area contributed by atoms with Crippen LogP contribution in [0.5, 0.6) is 11.5 Å². The molecule has 25 heavy (non-hydrogen) atoms. The van der Waals surface area contributed by atoms with Crippen molar-refractivity contribution in [2.45, 2.75) is 12.8 Å². The van der Waals surface area contributed by atoms with Gasteiger partial charge in [-0.15, -0.1) is 0 Å². The number of methoxy groups -OCH3 is 2. The minimum atomic E-state index is -0.266. The molecule has 0 spiro atoms. The fraction of sp³-hybridized carbons (Fsp3) is 0.190. The fourth-order valence-electron chi connectivity index (χ4n) is 2.74. The van der Waals surface area contributed by atoms with Crippen molar-refractivity contribution in [3.8, 4) is 11.5 Å². The third-order valence-corrected chi connectivity index (χ3v) is 4.30. The molecular formula is C21H21NO3. The highest BCUT2D eigenvalue weighted by Gasteiger charge is 2.16. The lowest BCUT2D eigenvalue weighted by Crippen LogP contribution is -2.18. The second-order valence-corrected chi connectivity index (χ2v) is 5.92. The Bertz CT molecular complexity index is 905. The lowest BCUT2D eigenvalue weighted by molar-refractivity contribution is -0.117. The van der Waals surface area contributed by atoms with E-state index in [1.807, 2.05) is 61.5 Å². The number of amides is 1. The molecule has 1 atom stereocenters. The number of nitrogens with one attached hydrogen (secondary N) is 1. The molecule has 4 nitrogen and oxygen atoms in total. The van der Waals surface area contributed by atoms with Crippen molar-refractivity contribution in [1.29, 1.82) is 0 Å². The number of carbonyl (C=O) groups is 1. The molecular weight excluding hydrogens is 314 g/mol. The zero-order valence-electron chi connectivity index (χ0n) is 14.6. The largest absolute Gasteiger partial charge is 0.497 e. The minimum Gasteiger partial charge on any atom is -0.497 e. The Morgan fingerprint density at radius 2 is 1.56 bits per heavy atom. The first kappa shape index (κ1) is 16.8. The van der Waals surface area contributed by atoms with Gasteiger partial charge in [0.25, 0.3) is 0 Å². The summed E-state index contributed by atoms with van der Waals surface area (Å²) < 4.78 is 10.4. The number of carbonyl (C=O) groups excluding carboxylic acids is 1. The summed E-state index contributed by atoms with van der Waals surface area (Å²) in [5.74, 6) is 1.22. The maximum absolute atomic E-state index is 12.6. The van der Waals surface area contributed by atoms with Crippen molar-refractivity contribution >= 4 is 22.4 Å². The van der Waals surface area contributed by atoms with Gasteiger partial charge in [0.1, 0.15) is 11.5 Å². The molecule has 3 aromatic carbocycles. The second-order valence-electron chi connectivity index (χ2n) is 5.92. The Hall–Kier alpha value is -3.01. The van der Waals surface area contributed by atoms with Crippen LogP contribution >= 0.6 is 0 Å². The fourth-order valence-corrected chi connectivity index (χ4v) is 2.74. The van der Waals surface area contributed by atoms with Gasteiger partial charge in [-0.25, -0.2) is 0 Å². The van der Waals surface area contributed by atoms with Crippen LogP contribution in [-0.2, 0) is 4.79 Å². The quantitative estimate of drug-likeness (QED) is 0.741. The van der Waals surface area contributed by atoms with Gasteiger partial charge in [-0.1, -0.05) is 30.3 Å². The van der Waals surface area contributed by atoms with Crippen LogP contribution in [0.25, 0.3) is 10.8 Å². The lowest BCUT2D eigenvalue weighted by atomic mass is 9.97. The molecule has 0 saturated carbocycles. The van der Waals surface area contributed by atoms with E-state index in [0.29, 0.717) is 5.75 Å². The summed E-state index contributed by atoms with van der Waals surface area (Å²) in [5, 5.41) is 5.11. The van der Waals surface area contributed by atoms with E-state index < -0.39 is 0 Å². The van der Waals surface area contributed by atoms with E-state index in [-0.39, 0.29) is 11.8 Å². The van der Waals surface area contributed by atoms with Gasteiger partial charge in [0.05, 0.1) is 20.1 Å². The summed E-state index contributed by atoms with van der Waals surface area (Å²) in [7, 11) is 3.26. The second kappa shape index (κ2) is 7.26. The molecule has 0 saturated heterocycles. The molecule has 0 aliphatic carbocycles. The number of benzene rings is 3. The van der Waals surface area contributed by atoms with E-state index in [9.17, 15) is 4.79 Å². The maximum Gasteiger partial charge on any atom is 0.231 e. The Labute approximate surface area is 147 Å². The normalized spacial score (nSPS) is 11.8. The Morgan fingerprint density at radius 1 is 0.880 bits per heavy atom. The Morgan fingerprint density at radius 3 is 2.32 bits per heavy atom. The van der Waals surface area contributed by atoms with E-state index in [1.165, 1.54) is 0 Å². The molecule has 0 unspecified atom stereocenters. The van der Waals surface area contributed by atoms with Gasteiger partial charge in [-0.05, 0) is 47.5 Å². The van der Waals surface area contributed by atoms with Crippen LogP contribution in [0.4, 0.5) is 5.69 Å². The summed E-state index contributed by atoms with van der Waals surface area (Å²) in [4.78, 5) is 12.6. The van der Waals surface area contributed by atoms with Crippen LogP contribution < -0.4 is 14.8 Å². The monoisotopic (exact) mass is 335 g/mol. The highest BCUT2D eigenvalue weighted by Crippen LogP contribution is 2.26. The van der Waals surface area contributed by atoms with Crippen LogP contribution in [0.2, 0.25) is 0 Å². The molecule has 0 bridgehead atoms. The van der Waals surface area contributed by atoms with E-state index in [1.54, 1.807) is 20.3 Å². The molecule has 128 valence electrons.